The van der Waals surface area contributed by atoms with Crippen LogP contribution in [0.15, 0.2) is 53.2 Å². The summed E-state index contributed by atoms with van der Waals surface area (Å²) in [5.41, 5.74) is 8.99. The summed E-state index contributed by atoms with van der Waals surface area (Å²) in [6.45, 7) is 4.13. The topological polar surface area (TPSA) is 105 Å². The van der Waals surface area contributed by atoms with E-state index in [1.54, 1.807) is 35.6 Å². The smallest absolute Gasteiger partial charge is 0.264 e. The van der Waals surface area contributed by atoms with Gasteiger partial charge in [-0.05, 0) is 58.6 Å². The van der Waals surface area contributed by atoms with Crippen LogP contribution in [0.5, 0.6) is 11.5 Å². The highest BCUT2D eigenvalue weighted by molar-refractivity contribution is 7.07. The van der Waals surface area contributed by atoms with Crippen LogP contribution in [0.1, 0.15) is 50.7 Å². The third kappa shape index (κ3) is 5.35. The standard InChI is InChI=1S/C29H32N4O5S/c1-37-24-8-6-20(16-25(24)38-2)22(7-9-26(30)34)33-28(35)21-4-3-5-23(27(21)29(33)36)32-13-11-31(12-14-32)17-19-10-15-39-18-19/h3-6,8,10,15-16,18,22H,7,9,11-14,17H2,1-2H3,(H2,30,34). The minimum absolute atomic E-state index is 0.0192. The van der Waals surface area contributed by atoms with Crippen molar-refractivity contribution in [3.8, 4) is 11.5 Å². The Morgan fingerprint density at radius 2 is 1.77 bits per heavy atom. The highest BCUT2D eigenvalue weighted by Crippen LogP contribution is 2.40. The lowest BCUT2D eigenvalue weighted by atomic mass is 9.99. The molecule has 3 amide bonds. The van der Waals surface area contributed by atoms with Gasteiger partial charge in [0.1, 0.15) is 0 Å². The number of nitrogens with two attached hydrogens (primary N) is 1. The van der Waals surface area contributed by atoms with Crippen LogP contribution in [-0.2, 0) is 11.3 Å². The number of benzene rings is 2. The van der Waals surface area contributed by atoms with Crippen LogP contribution in [0.3, 0.4) is 0 Å². The number of ether oxygens (including phenoxy) is 2. The summed E-state index contributed by atoms with van der Waals surface area (Å²) in [6, 6.07) is 12.1. The molecule has 1 saturated heterocycles. The van der Waals surface area contributed by atoms with Gasteiger partial charge in [0.05, 0.1) is 37.1 Å². The molecule has 2 N–H and O–H groups in total. The second kappa shape index (κ2) is 11.5. The molecular formula is C29H32N4O5S. The van der Waals surface area contributed by atoms with Gasteiger partial charge in [0.25, 0.3) is 11.8 Å². The number of imide groups is 1. The zero-order chi connectivity index (χ0) is 27.5. The molecule has 39 heavy (non-hydrogen) atoms. The third-order valence-electron chi connectivity index (χ3n) is 7.39. The van der Waals surface area contributed by atoms with Crippen LogP contribution in [0.2, 0.25) is 0 Å². The number of carbonyl (C=O) groups excluding carboxylic acids is 3. The highest BCUT2D eigenvalue weighted by atomic mass is 32.1. The Morgan fingerprint density at radius 3 is 2.44 bits per heavy atom. The molecule has 0 saturated carbocycles. The van der Waals surface area contributed by atoms with Crippen molar-refractivity contribution in [1.82, 2.24) is 9.80 Å². The van der Waals surface area contributed by atoms with Gasteiger partial charge < -0.3 is 20.1 Å². The van der Waals surface area contributed by atoms with E-state index in [2.05, 4.69) is 26.6 Å². The molecule has 10 heteroatoms. The molecule has 1 atom stereocenters. The average molecular weight is 549 g/mol. The van der Waals surface area contributed by atoms with Crippen molar-refractivity contribution in [1.29, 1.82) is 0 Å². The monoisotopic (exact) mass is 548 g/mol. The molecule has 0 radical (unpaired) electrons. The van der Waals surface area contributed by atoms with Crippen LogP contribution in [0.25, 0.3) is 0 Å². The summed E-state index contributed by atoms with van der Waals surface area (Å²) in [5, 5.41) is 4.26. The lowest BCUT2D eigenvalue weighted by Gasteiger charge is -2.36. The molecule has 204 valence electrons. The van der Waals surface area contributed by atoms with Gasteiger partial charge in [-0.25, -0.2) is 0 Å². The Morgan fingerprint density at radius 1 is 1.00 bits per heavy atom. The van der Waals surface area contributed by atoms with Gasteiger partial charge in [-0.2, -0.15) is 11.3 Å². The Labute approximate surface area is 231 Å². The molecule has 3 aromatic rings. The third-order valence-corrected chi connectivity index (χ3v) is 8.12. The number of anilines is 1. The van der Waals surface area contributed by atoms with Crippen LogP contribution >= 0.6 is 11.3 Å². The van der Waals surface area contributed by atoms with Crippen molar-refractivity contribution in [2.75, 3.05) is 45.3 Å². The molecule has 1 fully saturated rings. The van der Waals surface area contributed by atoms with Gasteiger partial charge in [0.2, 0.25) is 5.91 Å². The van der Waals surface area contributed by atoms with Crippen molar-refractivity contribution in [2.45, 2.75) is 25.4 Å². The van der Waals surface area contributed by atoms with Crippen molar-refractivity contribution in [3.63, 3.8) is 0 Å². The van der Waals surface area contributed by atoms with E-state index in [0.717, 1.165) is 38.4 Å². The van der Waals surface area contributed by atoms with Gasteiger partial charge in [0.15, 0.2) is 11.5 Å². The SMILES string of the molecule is COc1ccc(C(CCC(N)=O)N2C(=O)c3cccc(N4CCN(Cc5ccsc5)CC4)c3C2=O)cc1OC. The first kappa shape index (κ1) is 26.7. The summed E-state index contributed by atoms with van der Waals surface area (Å²) >= 11 is 1.70. The lowest BCUT2D eigenvalue weighted by Crippen LogP contribution is -2.46. The Bertz CT molecular complexity index is 1370. The van der Waals surface area contributed by atoms with E-state index < -0.39 is 11.9 Å². The fourth-order valence-corrected chi connectivity index (χ4v) is 6.06. The van der Waals surface area contributed by atoms with E-state index in [0.29, 0.717) is 28.2 Å². The molecule has 5 rings (SSSR count). The zero-order valence-corrected chi connectivity index (χ0v) is 22.9. The van der Waals surface area contributed by atoms with E-state index >= 15 is 0 Å². The van der Waals surface area contributed by atoms with Crippen molar-refractivity contribution >= 4 is 34.7 Å². The molecule has 2 aliphatic rings. The summed E-state index contributed by atoms with van der Waals surface area (Å²) < 4.78 is 10.8. The molecule has 1 unspecified atom stereocenters. The first-order chi connectivity index (χ1) is 18.9. The molecule has 0 bridgehead atoms. The Kier molecular flexibility index (Phi) is 7.85. The molecule has 9 nitrogen and oxygen atoms in total. The minimum atomic E-state index is -0.694. The van der Waals surface area contributed by atoms with Crippen molar-refractivity contribution in [3.05, 3.63) is 75.5 Å². The zero-order valence-electron chi connectivity index (χ0n) is 22.1. The number of piperazine rings is 1. The Balaban J connectivity index is 1.42. The molecule has 2 aliphatic heterocycles. The van der Waals surface area contributed by atoms with Crippen molar-refractivity contribution in [2.24, 2.45) is 5.73 Å². The van der Waals surface area contributed by atoms with E-state index in [9.17, 15) is 14.4 Å². The molecule has 2 aromatic carbocycles. The Hall–Kier alpha value is -3.89. The number of hydrogen-bond donors (Lipinski definition) is 1. The number of thiophene rings is 1. The second-order valence-electron chi connectivity index (χ2n) is 9.71. The van der Waals surface area contributed by atoms with Crippen LogP contribution < -0.4 is 20.1 Å². The van der Waals surface area contributed by atoms with E-state index in [4.69, 9.17) is 15.2 Å². The maximum absolute atomic E-state index is 14.0. The second-order valence-corrected chi connectivity index (χ2v) is 10.5. The first-order valence-electron chi connectivity index (χ1n) is 12.9. The summed E-state index contributed by atoms with van der Waals surface area (Å²) in [7, 11) is 3.06. The fraction of sp³-hybridized carbons (Fsp3) is 0.345. The number of primary amides is 1. The number of rotatable bonds is 10. The predicted octanol–water partition coefficient (Wildman–Crippen LogP) is 3.69. The summed E-state index contributed by atoms with van der Waals surface area (Å²) in [6.07, 6.45) is 0.220. The average Bonchev–Trinajstić information content (AvgIpc) is 3.55. The molecule has 0 aliphatic carbocycles. The maximum Gasteiger partial charge on any atom is 0.264 e. The fourth-order valence-electron chi connectivity index (χ4n) is 5.40. The van der Waals surface area contributed by atoms with Crippen LogP contribution in [-0.4, -0.2) is 67.9 Å². The first-order valence-corrected chi connectivity index (χ1v) is 13.8. The maximum atomic E-state index is 14.0. The predicted molar refractivity (Wildman–Crippen MR) is 149 cm³/mol. The summed E-state index contributed by atoms with van der Waals surface area (Å²) in [5.74, 6) is -0.250. The van der Waals surface area contributed by atoms with Gasteiger partial charge in [0, 0.05) is 39.1 Å². The molecule has 3 heterocycles. The number of amides is 3. The number of carbonyl (C=O) groups is 3. The van der Waals surface area contributed by atoms with Crippen molar-refractivity contribution < 1.29 is 23.9 Å². The normalized spacial score (nSPS) is 16.4. The summed E-state index contributed by atoms with van der Waals surface area (Å²) in [4.78, 5) is 45.3. The van der Waals surface area contributed by atoms with Gasteiger partial charge in [-0.3, -0.25) is 24.2 Å². The van der Waals surface area contributed by atoms with E-state index in [1.165, 1.54) is 24.7 Å². The quantitative estimate of drug-likeness (QED) is 0.385. The number of nitrogens with zero attached hydrogens (tertiary/aromatic N) is 3. The van der Waals surface area contributed by atoms with Crippen LogP contribution in [0, 0.1) is 0 Å². The molecule has 1 aromatic heterocycles. The molecule has 0 spiro atoms. The molecular weight excluding hydrogens is 516 g/mol. The number of hydrogen-bond acceptors (Lipinski definition) is 8. The largest absolute Gasteiger partial charge is 0.493 e. The number of methoxy groups -OCH3 is 2. The minimum Gasteiger partial charge on any atom is -0.493 e. The highest BCUT2D eigenvalue weighted by Gasteiger charge is 2.43. The van der Waals surface area contributed by atoms with E-state index in [-0.39, 0.29) is 24.7 Å². The number of fused-ring (bicyclic) bond motifs is 1. The van der Waals surface area contributed by atoms with Crippen LogP contribution in [0.4, 0.5) is 5.69 Å². The van der Waals surface area contributed by atoms with E-state index in [1.807, 2.05) is 12.1 Å². The van der Waals surface area contributed by atoms with Gasteiger partial charge in [-0.1, -0.05) is 12.1 Å². The lowest BCUT2D eigenvalue weighted by molar-refractivity contribution is -0.118. The van der Waals surface area contributed by atoms with Gasteiger partial charge in [-0.15, -0.1) is 0 Å². The van der Waals surface area contributed by atoms with Gasteiger partial charge >= 0.3 is 0 Å².